The zero-order valence-electron chi connectivity index (χ0n) is 11.4. The Bertz CT molecular complexity index is 467. The SMILES string of the molecule is Cc1ccc(C(=O)N2CCN(CCC(=O)O)CC2)o1.Cl. The lowest BCUT2D eigenvalue weighted by Crippen LogP contribution is -2.49. The lowest BCUT2D eigenvalue weighted by Gasteiger charge is -2.33. The molecule has 1 aliphatic rings. The van der Waals surface area contributed by atoms with Gasteiger partial charge in [0.25, 0.3) is 5.91 Å². The van der Waals surface area contributed by atoms with E-state index in [9.17, 15) is 9.59 Å². The fraction of sp³-hybridized carbons (Fsp3) is 0.538. The van der Waals surface area contributed by atoms with E-state index in [0.717, 1.165) is 5.76 Å². The Balaban J connectivity index is 0.00000200. The summed E-state index contributed by atoms with van der Waals surface area (Å²) in [6, 6.07) is 3.46. The average molecular weight is 303 g/mol. The minimum atomic E-state index is -0.787. The average Bonchev–Trinajstić information content (AvgIpc) is 2.83. The van der Waals surface area contributed by atoms with Gasteiger partial charge >= 0.3 is 5.97 Å². The minimum Gasteiger partial charge on any atom is -0.481 e. The van der Waals surface area contributed by atoms with Gasteiger partial charge < -0.3 is 14.4 Å². The lowest BCUT2D eigenvalue weighted by atomic mass is 10.2. The fourth-order valence-corrected chi connectivity index (χ4v) is 2.13. The van der Waals surface area contributed by atoms with Crippen LogP contribution in [0.4, 0.5) is 0 Å². The number of hydrogen-bond acceptors (Lipinski definition) is 4. The third kappa shape index (κ3) is 4.25. The summed E-state index contributed by atoms with van der Waals surface area (Å²) in [7, 11) is 0. The monoisotopic (exact) mass is 302 g/mol. The minimum absolute atomic E-state index is 0. The van der Waals surface area contributed by atoms with Crippen molar-refractivity contribution in [3.8, 4) is 0 Å². The molecule has 1 saturated heterocycles. The number of hydrogen-bond donors (Lipinski definition) is 1. The first-order chi connectivity index (χ1) is 9.06. The molecule has 20 heavy (non-hydrogen) atoms. The number of carboxylic acids is 1. The van der Waals surface area contributed by atoms with Gasteiger partial charge in [0.05, 0.1) is 6.42 Å². The number of amides is 1. The standard InChI is InChI=1S/C13H18N2O4.ClH/c1-10-2-3-11(19-10)13(18)15-8-6-14(7-9-15)5-4-12(16)17;/h2-3H,4-9H2,1H3,(H,16,17);1H. The van der Waals surface area contributed by atoms with Gasteiger partial charge in [0, 0.05) is 32.7 Å². The topological polar surface area (TPSA) is 74.0 Å². The van der Waals surface area contributed by atoms with E-state index < -0.39 is 5.97 Å². The van der Waals surface area contributed by atoms with Gasteiger partial charge in [-0.1, -0.05) is 0 Å². The summed E-state index contributed by atoms with van der Waals surface area (Å²) in [5.74, 6) is 0.218. The van der Waals surface area contributed by atoms with E-state index in [1.807, 2.05) is 0 Å². The van der Waals surface area contributed by atoms with E-state index in [1.165, 1.54) is 0 Å². The quantitative estimate of drug-likeness (QED) is 0.906. The van der Waals surface area contributed by atoms with Crippen molar-refractivity contribution < 1.29 is 19.1 Å². The van der Waals surface area contributed by atoms with Crippen LogP contribution in [0.15, 0.2) is 16.5 Å². The number of aliphatic carboxylic acids is 1. The van der Waals surface area contributed by atoms with Crippen LogP contribution in [0.1, 0.15) is 22.7 Å². The molecule has 2 heterocycles. The number of furan rings is 1. The number of piperazine rings is 1. The Labute approximate surface area is 123 Å². The summed E-state index contributed by atoms with van der Waals surface area (Å²) >= 11 is 0. The molecule has 1 N–H and O–H groups in total. The smallest absolute Gasteiger partial charge is 0.304 e. The first-order valence-electron chi connectivity index (χ1n) is 6.36. The van der Waals surface area contributed by atoms with E-state index in [4.69, 9.17) is 9.52 Å². The van der Waals surface area contributed by atoms with E-state index >= 15 is 0 Å². The molecule has 1 aliphatic heterocycles. The summed E-state index contributed by atoms with van der Waals surface area (Å²) in [5, 5.41) is 8.63. The second-order valence-electron chi connectivity index (χ2n) is 4.69. The molecule has 0 radical (unpaired) electrons. The molecule has 1 amide bonds. The van der Waals surface area contributed by atoms with Gasteiger partial charge in [-0.2, -0.15) is 0 Å². The fourth-order valence-electron chi connectivity index (χ4n) is 2.13. The number of carbonyl (C=O) groups excluding carboxylic acids is 1. The number of rotatable bonds is 4. The maximum atomic E-state index is 12.1. The number of carbonyl (C=O) groups is 2. The molecule has 1 aromatic rings. The molecule has 0 spiro atoms. The lowest BCUT2D eigenvalue weighted by molar-refractivity contribution is -0.137. The maximum Gasteiger partial charge on any atom is 0.304 e. The first kappa shape index (κ1) is 16.5. The largest absolute Gasteiger partial charge is 0.481 e. The van der Waals surface area contributed by atoms with Crippen LogP contribution < -0.4 is 0 Å². The van der Waals surface area contributed by atoms with Gasteiger partial charge in [-0.05, 0) is 19.1 Å². The number of nitrogens with zero attached hydrogens (tertiary/aromatic N) is 2. The predicted octanol–water partition coefficient (Wildman–Crippen LogP) is 1.24. The van der Waals surface area contributed by atoms with Crippen molar-refractivity contribution in [1.29, 1.82) is 0 Å². The van der Waals surface area contributed by atoms with Crippen LogP contribution in [0.5, 0.6) is 0 Å². The van der Waals surface area contributed by atoms with Gasteiger partial charge in [0.15, 0.2) is 5.76 Å². The van der Waals surface area contributed by atoms with Crippen LogP contribution in [-0.2, 0) is 4.79 Å². The third-order valence-electron chi connectivity index (χ3n) is 3.25. The van der Waals surface area contributed by atoms with E-state index in [1.54, 1.807) is 24.0 Å². The van der Waals surface area contributed by atoms with Crippen LogP contribution in [0, 0.1) is 6.92 Å². The molecule has 0 saturated carbocycles. The molecule has 1 fully saturated rings. The molecule has 6 nitrogen and oxygen atoms in total. The first-order valence-corrected chi connectivity index (χ1v) is 6.36. The van der Waals surface area contributed by atoms with Crippen molar-refractivity contribution in [2.24, 2.45) is 0 Å². The van der Waals surface area contributed by atoms with Gasteiger partial charge in [0.1, 0.15) is 5.76 Å². The molecular weight excluding hydrogens is 284 g/mol. The molecule has 7 heteroatoms. The maximum absolute atomic E-state index is 12.1. The van der Waals surface area contributed by atoms with E-state index in [2.05, 4.69) is 4.90 Å². The van der Waals surface area contributed by atoms with Gasteiger partial charge in [-0.15, -0.1) is 12.4 Å². The summed E-state index contributed by atoms with van der Waals surface area (Å²) in [5.41, 5.74) is 0. The molecule has 1 aromatic heterocycles. The Morgan fingerprint density at radius 2 is 1.90 bits per heavy atom. The summed E-state index contributed by atoms with van der Waals surface area (Å²) in [4.78, 5) is 26.4. The Hall–Kier alpha value is -1.53. The van der Waals surface area contributed by atoms with Crippen LogP contribution in [-0.4, -0.2) is 59.5 Å². The second-order valence-corrected chi connectivity index (χ2v) is 4.69. The van der Waals surface area contributed by atoms with Crippen molar-refractivity contribution in [3.05, 3.63) is 23.7 Å². The van der Waals surface area contributed by atoms with Crippen LogP contribution >= 0.6 is 12.4 Å². The van der Waals surface area contributed by atoms with Crippen LogP contribution in [0.25, 0.3) is 0 Å². The van der Waals surface area contributed by atoms with E-state index in [-0.39, 0.29) is 24.7 Å². The molecular formula is C13H19ClN2O4. The highest BCUT2D eigenvalue weighted by Crippen LogP contribution is 2.12. The number of carboxylic acid groups (broad SMARTS) is 1. The third-order valence-corrected chi connectivity index (χ3v) is 3.25. The van der Waals surface area contributed by atoms with Crippen molar-refractivity contribution in [2.45, 2.75) is 13.3 Å². The zero-order valence-corrected chi connectivity index (χ0v) is 12.2. The highest BCUT2D eigenvalue weighted by atomic mass is 35.5. The molecule has 112 valence electrons. The molecule has 0 unspecified atom stereocenters. The Morgan fingerprint density at radius 1 is 1.25 bits per heavy atom. The number of aryl methyl sites for hydroxylation is 1. The highest BCUT2D eigenvalue weighted by Gasteiger charge is 2.23. The van der Waals surface area contributed by atoms with Gasteiger partial charge in [-0.25, -0.2) is 0 Å². The number of halogens is 1. The zero-order chi connectivity index (χ0) is 13.8. The predicted molar refractivity (Wildman–Crippen MR) is 75.3 cm³/mol. The molecule has 0 atom stereocenters. The van der Waals surface area contributed by atoms with Crippen molar-refractivity contribution in [2.75, 3.05) is 32.7 Å². The van der Waals surface area contributed by atoms with Crippen LogP contribution in [0.2, 0.25) is 0 Å². The Morgan fingerprint density at radius 3 is 2.40 bits per heavy atom. The highest BCUT2D eigenvalue weighted by molar-refractivity contribution is 5.91. The summed E-state index contributed by atoms with van der Waals surface area (Å²) in [6.45, 7) is 4.98. The van der Waals surface area contributed by atoms with E-state index in [0.29, 0.717) is 38.5 Å². The second kappa shape index (κ2) is 7.31. The van der Waals surface area contributed by atoms with Crippen molar-refractivity contribution in [1.82, 2.24) is 9.80 Å². The summed E-state index contributed by atoms with van der Waals surface area (Å²) in [6.07, 6.45) is 0.144. The van der Waals surface area contributed by atoms with Gasteiger partial charge in [-0.3, -0.25) is 14.5 Å². The Kier molecular flexibility index (Phi) is 6.04. The molecule has 2 rings (SSSR count). The van der Waals surface area contributed by atoms with Crippen molar-refractivity contribution in [3.63, 3.8) is 0 Å². The summed E-state index contributed by atoms with van der Waals surface area (Å²) < 4.78 is 5.32. The molecule has 0 bridgehead atoms. The van der Waals surface area contributed by atoms with Crippen molar-refractivity contribution >= 4 is 24.3 Å². The molecule has 0 aromatic carbocycles. The van der Waals surface area contributed by atoms with Crippen LogP contribution in [0.3, 0.4) is 0 Å². The van der Waals surface area contributed by atoms with Gasteiger partial charge in [0.2, 0.25) is 0 Å². The molecule has 0 aliphatic carbocycles. The normalized spacial score (nSPS) is 15.8.